The number of benzene rings is 1. The van der Waals surface area contributed by atoms with E-state index in [0.717, 1.165) is 4.90 Å². The van der Waals surface area contributed by atoms with Gasteiger partial charge in [0.25, 0.3) is 0 Å². The van der Waals surface area contributed by atoms with Crippen molar-refractivity contribution in [1.29, 1.82) is 0 Å². The minimum absolute atomic E-state index is 0.146. The lowest BCUT2D eigenvalue weighted by Gasteiger charge is -2.17. The highest BCUT2D eigenvalue weighted by Crippen LogP contribution is 2.26. The van der Waals surface area contributed by atoms with E-state index in [9.17, 15) is 9.59 Å². The smallest absolute Gasteiger partial charge is 0.326 e. The Balaban J connectivity index is 2.40. The van der Waals surface area contributed by atoms with E-state index in [2.05, 4.69) is 5.32 Å². The second kappa shape index (κ2) is 8.17. The zero-order valence-electron chi connectivity index (χ0n) is 11.4. The van der Waals surface area contributed by atoms with E-state index in [1.807, 2.05) is 18.2 Å². The third kappa shape index (κ3) is 5.43. The number of nitrogens with one attached hydrogen (secondary N) is 1. The van der Waals surface area contributed by atoms with Gasteiger partial charge in [-0.3, -0.25) is 4.79 Å². The Morgan fingerprint density at radius 3 is 2.55 bits per heavy atom. The van der Waals surface area contributed by atoms with Gasteiger partial charge in [-0.1, -0.05) is 37.6 Å². The first-order valence-electron chi connectivity index (χ1n) is 6.31. The number of rotatable bonds is 7. The summed E-state index contributed by atoms with van der Waals surface area (Å²) in [6.07, 6.45) is 0.256. The first-order valence-corrected chi connectivity index (χ1v) is 7.67. The molecule has 6 heteroatoms. The lowest BCUT2D eigenvalue weighted by Crippen LogP contribution is -2.44. The fraction of sp³-hybridized carbons (Fsp3) is 0.429. The van der Waals surface area contributed by atoms with Gasteiger partial charge in [-0.15, -0.1) is 11.8 Å². The maximum Gasteiger partial charge on any atom is 0.326 e. The monoisotopic (exact) mass is 315 g/mol. The van der Waals surface area contributed by atoms with Crippen LogP contribution in [0, 0.1) is 5.92 Å². The highest BCUT2D eigenvalue weighted by Gasteiger charge is 2.22. The van der Waals surface area contributed by atoms with Crippen molar-refractivity contribution in [3.63, 3.8) is 0 Å². The van der Waals surface area contributed by atoms with Crippen LogP contribution in [0.2, 0.25) is 5.02 Å². The maximum absolute atomic E-state index is 11.7. The molecule has 0 unspecified atom stereocenters. The normalized spacial score (nSPS) is 12.2. The van der Waals surface area contributed by atoms with Crippen LogP contribution < -0.4 is 5.32 Å². The van der Waals surface area contributed by atoms with Crippen LogP contribution in [0.5, 0.6) is 0 Å². The second-order valence-corrected chi connectivity index (χ2v) is 6.20. The highest BCUT2D eigenvalue weighted by molar-refractivity contribution is 7.99. The summed E-state index contributed by atoms with van der Waals surface area (Å²) in [4.78, 5) is 23.6. The molecular formula is C14H18ClNO3S. The number of amides is 1. The van der Waals surface area contributed by atoms with Gasteiger partial charge < -0.3 is 10.4 Å². The fourth-order valence-electron chi connectivity index (χ4n) is 1.57. The van der Waals surface area contributed by atoms with Crippen LogP contribution >= 0.6 is 23.4 Å². The summed E-state index contributed by atoms with van der Waals surface area (Å²) < 4.78 is 0. The van der Waals surface area contributed by atoms with Crippen molar-refractivity contribution in [3.05, 3.63) is 29.3 Å². The molecule has 110 valence electrons. The molecule has 0 aliphatic carbocycles. The quantitative estimate of drug-likeness (QED) is 0.759. The summed E-state index contributed by atoms with van der Waals surface area (Å²) in [5.41, 5.74) is 0. The van der Waals surface area contributed by atoms with E-state index >= 15 is 0 Å². The third-order valence-corrected chi connectivity index (χ3v) is 4.19. The molecule has 0 saturated carbocycles. The van der Waals surface area contributed by atoms with Gasteiger partial charge in [-0.25, -0.2) is 4.79 Å². The number of hydrogen-bond acceptors (Lipinski definition) is 3. The summed E-state index contributed by atoms with van der Waals surface area (Å²) >= 11 is 7.49. The lowest BCUT2D eigenvalue weighted by atomic mass is 10.0. The maximum atomic E-state index is 11.7. The average molecular weight is 316 g/mol. The van der Waals surface area contributed by atoms with Gasteiger partial charge in [0.05, 0.1) is 5.02 Å². The van der Waals surface area contributed by atoms with Crippen LogP contribution in [0.4, 0.5) is 0 Å². The largest absolute Gasteiger partial charge is 0.480 e. The van der Waals surface area contributed by atoms with Crippen molar-refractivity contribution in [2.45, 2.75) is 31.2 Å². The van der Waals surface area contributed by atoms with Crippen molar-refractivity contribution >= 4 is 35.2 Å². The SMILES string of the molecule is CC(C)[C@@H](NC(=O)CCSc1ccccc1Cl)C(=O)O. The molecule has 1 aromatic carbocycles. The molecule has 1 amide bonds. The molecule has 0 aliphatic heterocycles. The number of carboxylic acid groups (broad SMARTS) is 1. The Bertz CT molecular complexity index is 479. The van der Waals surface area contributed by atoms with Crippen LogP contribution in [0.1, 0.15) is 20.3 Å². The molecule has 20 heavy (non-hydrogen) atoms. The number of aliphatic carboxylic acids is 1. The van der Waals surface area contributed by atoms with Gasteiger partial charge in [0.15, 0.2) is 0 Å². The molecule has 4 nitrogen and oxygen atoms in total. The third-order valence-electron chi connectivity index (χ3n) is 2.67. The van der Waals surface area contributed by atoms with E-state index in [4.69, 9.17) is 16.7 Å². The minimum Gasteiger partial charge on any atom is -0.480 e. The Morgan fingerprint density at radius 1 is 1.35 bits per heavy atom. The summed E-state index contributed by atoms with van der Waals surface area (Å²) in [7, 11) is 0. The van der Waals surface area contributed by atoms with Gasteiger partial charge in [-0.05, 0) is 18.1 Å². The van der Waals surface area contributed by atoms with E-state index in [-0.39, 0.29) is 18.2 Å². The highest BCUT2D eigenvalue weighted by atomic mass is 35.5. The number of thioether (sulfide) groups is 1. The molecule has 2 N–H and O–H groups in total. The Hall–Kier alpha value is -1.20. The Morgan fingerprint density at radius 2 is 2.00 bits per heavy atom. The van der Waals surface area contributed by atoms with E-state index in [1.165, 1.54) is 11.8 Å². The molecule has 0 radical (unpaired) electrons. The summed E-state index contributed by atoms with van der Waals surface area (Å²) in [5, 5.41) is 12.2. The molecule has 0 saturated heterocycles. The van der Waals surface area contributed by atoms with E-state index in [0.29, 0.717) is 10.8 Å². The molecule has 0 aliphatic rings. The summed E-state index contributed by atoms with van der Waals surface area (Å²) in [6.45, 7) is 3.52. The number of carboxylic acids is 1. The van der Waals surface area contributed by atoms with Crippen LogP contribution in [0.3, 0.4) is 0 Å². The molecule has 1 atom stereocenters. The Kier molecular flexibility index (Phi) is 6.88. The van der Waals surface area contributed by atoms with Crippen LogP contribution in [-0.2, 0) is 9.59 Å². The molecular weight excluding hydrogens is 298 g/mol. The van der Waals surface area contributed by atoms with Gasteiger partial charge >= 0.3 is 5.97 Å². The molecule has 0 spiro atoms. The predicted octanol–water partition coefficient (Wildman–Crippen LogP) is 3.05. The molecule has 1 aromatic rings. The van der Waals surface area contributed by atoms with E-state index in [1.54, 1.807) is 19.9 Å². The molecule has 0 heterocycles. The zero-order chi connectivity index (χ0) is 15.1. The van der Waals surface area contributed by atoms with Gasteiger partial charge in [-0.2, -0.15) is 0 Å². The van der Waals surface area contributed by atoms with Crippen molar-refractivity contribution in [3.8, 4) is 0 Å². The standard InChI is InChI=1S/C14H18ClNO3S/c1-9(2)13(14(18)19)16-12(17)7-8-20-11-6-4-3-5-10(11)15/h3-6,9,13H,7-8H2,1-2H3,(H,16,17)(H,18,19)/t13-/m1/s1. The second-order valence-electron chi connectivity index (χ2n) is 4.66. The van der Waals surface area contributed by atoms with Crippen LogP contribution in [0.15, 0.2) is 29.2 Å². The van der Waals surface area contributed by atoms with Crippen LogP contribution in [0.25, 0.3) is 0 Å². The van der Waals surface area contributed by atoms with Crippen molar-refractivity contribution < 1.29 is 14.7 Å². The van der Waals surface area contributed by atoms with Crippen LogP contribution in [-0.4, -0.2) is 28.8 Å². The number of carbonyl (C=O) groups excluding carboxylic acids is 1. The average Bonchev–Trinajstić information content (AvgIpc) is 2.37. The minimum atomic E-state index is -1.01. The Labute approximate surface area is 127 Å². The summed E-state index contributed by atoms with van der Waals surface area (Å²) in [5.74, 6) is -0.856. The van der Waals surface area contributed by atoms with Gasteiger partial charge in [0.1, 0.15) is 6.04 Å². The first-order chi connectivity index (χ1) is 9.41. The van der Waals surface area contributed by atoms with Crippen molar-refractivity contribution in [2.24, 2.45) is 5.92 Å². The first kappa shape index (κ1) is 16.9. The molecule has 0 fully saturated rings. The number of carbonyl (C=O) groups is 2. The van der Waals surface area contributed by atoms with Gasteiger partial charge in [0.2, 0.25) is 5.91 Å². The summed E-state index contributed by atoms with van der Waals surface area (Å²) in [6, 6.07) is 6.57. The topological polar surface area (TPSA) is 66.4 Å². The molecule has 0 aromatic heterocycles. The fourth-order valence-corrected chi connectivity index (χ4v) is 2.76. The van der Waals surface area contributed by atoms with Crippen molar-refractivity contribution in [2.75, 3.05) is 5.75 Å². The predicted molar refractivity (Wildman–Crippen MR) is 81.2 cm³/mol. The lowest BCUT2D eigenvalue weighted by molar-refractivity contribution is -0.143. The zero-order valence-corrected chi connectivity index (χ0v) is 13.0. The number of hydrogen-bond donors (Lipinski definition) is 2. The van der Waals surface area contributed by atoms with E-state index < -0.39 is 12.0 Å². The van der Waals surface area contributed by atoms with Crippen molar-refractivity contribution in [1.82, 2.24) is 5.32 Å². The van der Waals surface area contributed by atoms with Gasteiger partial charge in [0, 0.05) is 17.1 Å². The number of halogens is 1. The molecule has 1 rings (SSSR count). The molecule has 0 bridgehead atoms.